The average Bonchev–Trinajstić information content (AvgIpc) is 2.54. The topological polar surface area (TPSA) is 46.2 Å². The van der Waals surface area contributed by atoms with E-state index in [1.807, 2.05) is 13.0 Å². The van der Waals surface area contributed by atoms with Crippen LogP contribution in [0.3, 0.4) is 0 Å². The van der Waals surface area contributed by atoms with Crippen LogP contribution < -0.4 is 15.4 Å². The van der Waals surface area contributed by atoms with Crippen LogP contribution in [0.15, 0.2) is 24.3 Å². The first kappa shape index (κ1) is 17.8. The molecule has 1 fully saturated rings. The number of fused-ring (bicyclic) bond motifs is 1. The largest absolute Gasteiger partial charge is 0.573 e. The Bertz CT molecular complexity index is 742. The van der Waals surface area contributed by atoms with E-state index in [1.54, 1.807) is 6.07 Å². The van der Waals surface area contributed by atoms with Gasteiger partial charge in [0, 0.05) is 22.8 Å². The maximum atomic E-state index is 12.5. The molecule has 1 aromatic carbocycles. The highest BCUT2D eigenvalue weighted by Crippen LogP contribution is 2.31. The summed E-state index contributed by atoms with van der Waals surface area (Å²) in [6.45, 7) is 5.96. The van der Waals surface area contributed by atoms with Crippen molar-refractivity contribution in [2.75, 3.05) is 18.4 Å². The standard InChI is InChI=1S/C18H22F3N3O/c1-11-8-17(24-12(2)13-4-3-7-22-10-13)15-9-14(25-18(19,20)21)5-6-16(15)23-11/h5-6,8-9,12-13,22H,3-4,7,10H2,1-2H3,(H,23,24). The quantitative estimate of drug-likeness (QED) is 0.863. The number of aryl methyl sites for hydroxylation is 1. The monoisotopic (exact) mass is 353 g/mol. The number of alkyl halides is 3. The van der Waals surface area contributed by atoms with Gasteiger partial charge >= 0.3 is 6.36 Å². The maximum Gasteiger partial charge on any atom is 0.573 e. The summed E-state index contributed by atoms with van der Waals surface area (Å²) >= 11 is 0. The van der Waals surface area contributed by atoms with Crippen LogP contribution >= 0.6 is 0 Å². The maximum absolute atomic E-state index is 12.5. The minimum atomic E-state index is -4.71. The zero-order valence-electron chi connectivity index (χ0n) is 14.3. The Balaban J connectivity index is 1.90. The minimum Gasteiger partial charge on any atom is -0.406 e. The molecule has 0 amide bonds. The van der Waals surface area contributed by atoms with Crippen LogP contribution in [-0.4, -0.2) is 30.5 Å². The van der Waals surface area contributed by atoms with Crippen LogP contribution in [0.2, 0.25) is 0 Å². The summed E-state index contributed by atoms with van der Waals surface area (Å²) in [5.74, 6) is 0.243. The average molecular weight is 353 g/mol. The SMILES string of the molecule is Cc1cc(NC(C)C2CCCNC2)c2cc(OC(F)(F)F)ccc2n1. The molecule has 2 atom stereocenters. The molecule has 0 aliphatic carbocycles. The van der Waals surface area contributed by atoms with E-state index in [-0.39, 0.29) is 11.8 Å². The number of rotatable bonds is 4. The fourth-order valence-electron chi connectivity index (χ4n) is 3.32. The Hall–Kier alpha value is -2.02. The molecule has 136 valence electrons. The zero-order chi connectivity index (χ0) is 18.0. The van der Waals surface area contributed by atoms with Gasteiger partial charge in [-0.15, -0.1) is 13.2 Å². The van der Waals surface area contributed by atoms with Crippen LogP contribution in [0.1, 0.15) is 25.5 Å². The highest BCUT2D eigenvalue weighted by Gasteiger charge is 2.31. The summed E-state index contributed by atoms with van der Waals surface area (Å²) in [4.78, 5) is 4.40. The highest BCUT2D eigenvalue weighted by molar-refractivity contribution is 5.92. The van der Waals surface area contributed by atoms with Crippen LogP contribution in [-0.2, 0) is 0 Å². The van der Waals surface area contributed by atoms with Gasteiger partial charge in [0.2, 0.25) is 0 Å². The predicted molar refractivity (Wildman–Crippen MR) is 91.8 cm³/mol. The van der Waals surface area contributed by atoms with Crippen LogP contribution in [0.5, 0.6) is 5.75 Å². The molecular formula is C18H22F3N3O. The second-order valence-electron chi connectivity index (χ2n) is 6.58. The number of aromatic nitrogens is 1. The predicted octanol–water partition coefficient (Wildman–Crippen LogP) is 4.24. The first-order valence-electron chi connectivity index (χ1n) is 8.46. The molecule has 1 saturated heterocycles. The molecule has 1 aliphatic rings. The lowest BCUT2D eigenvalue weighted by Gasteiger charge is -2.30. The zero-order valence-corrected chi connectivity index (χ0v) is 14.3. The number of halogens is 3. The fraction of sp³-hybridized carbons (Fsp3) is 0.500. The van der Waals surface area contributed by atoms with E-state index in [9.17, 15) is 13.2 Å². The molecule has 7 heteroatoms. The number of piperidine rings is 1. The molecule has 2 unspecified atom stereocenters. The van der Waals surface area contributed by atoms with Crippen molar-refractivity contribution in [2.24, 2.45) is 5.92 Å². The Labute approximate surface area is 144 Å². The third-order valence-electron chi connectivity index (χ3n) is 4.57. The first-order chi connectivity index (χ1) is 11.8. The van der Waals surface area contributed by atoms with Crippen molar-refractivity contribution in [3.63, 3.8) is 0 Å². The molecule has 0 spiro atoms. The molecule has 2 N–H and O–H groups in total. The normalized spacial score (nSPS) is 19.6. The van der Waals surface area contributed by atoms with Crippen molar-refractivity contribution >= 4 is 16.6 Å². The summed E-state index contributed by atoms with van der Waals surface area (Å²) in [6.07, 6.45) is -2.44. The van der Waals surface area contributed by atoms with Gasteiger partial charge < -0.3 is 15.4 Å². The number of hydrogen-bond acceptors (Lipinski definition) is 4. The van der Waals surface area contributed by atoms with Crippen molar-refractivity contribution in [1.82, 2.24) is 10.3 Å². The van der Waals surface area contributed by atoms with Crippen LogP contribution in [0, 0.1) is 12.8 Å². The van der Waals surface area contributed by atoms with Crippen molar-refractivity contribution in [3.05, 3.63) is 30.0 Å². The molecule has 0 radical (unpaired) electrons. The van der Waals surface area contributed by atoms with E-state index in [2.05, 4.69) is 27.3 Å². The number of pyridine rings is 1. The van der Waals surface area contributed by atoms with Crippen LogP contribution in [0.25, 0.3) is 10.9 Å². The fourth-order valence-corrected chi connectivity index (χ4v) is 3.32. The number of ether oxygens (including phenoxy) is 1. The van der Waals surface area contributed by atoms with Gasteiger partial charge in [-0.3, -0.25) is 4.98 Å². The lowest BCUT2D eigenvalue weighted by Crippen LogP contribution is -2.38. The molecule has 4 nitrogen and oxygen atoms in total. The molecule has 2 aromatic rings. The van der Waals surface area contributed by atoms with Crippen molar-refractivity contribution in [2.45, 2.75) is 39.1 Å². The van der Waals surface area contributed by atoms with Gasteiger partial charge in [0.05, 0.1) is 5.52 Å². The smallest absolute Gasteiger partial charge is 0.406 e. The lowest BCUT2D eigenvalue weighted by molar-refractivity contribution is -0.274. The van der Waals surface area contributed by atoms with Gasteiger partial charge in [0.15, 0.2) is 0 Å². The first-order valence-corrected chi connectivity index (χ1v) is 8.46. The van der Waals surface area contributed by atoms with Gasteiger partial charge in [-0.05, 0) is 70.0 Å². The second-order valence-corrected chi connectivity index (χ2v) is 6.58. The van der Waals surface area contributed by atoms with Crippen LogP contribution in [0.4, 0.5) is 18.9 Å². The lowest BCUT2D eigenvalue weighted by atomic mass is 9.92. The highest BCUT2D eigenvalue weighted by atomic mass is 19.4. The molecule has 2 heterocycles. The minimum absolute atomic E-state index is 0.199. The van der Waals surface area contributed by atoms with Gasteiger partial charge in [-0.25, -0.2) is 0 Å². The van der Waals surface area contributed by atoms with E-state index < -0.39 is 6.36 Å². The number of anilines is 1. The van der Waals surface area contributed by atoms with E-state index in [1.165, 1.54) is 12.1 Å². The summed E-state index contributed by atoms with van der Waals surface area (Å²) in [5.41, 5.74) is 2.24. The molecule has 3 rings (SSSR count). The Morgan fingerprint density at radius 1 is 1.32 bits per heavy atom. The van der Waals surface area contributed by atoms with E-state index in [4.69, 9.17) is 0 Å². The number of nitrogens with one attached hydrogen (secondary N) is 2. The summed E-state index contributed by atoms with van der Waals surface area (Å²) < 4.78 is 41.5. The summed E-state index contributed by atoms with van der Waals surface area (Å²) in [6, 6.07) is 6.31. The number of benzene rings is 1. The Kier molecular flexibility index (Phi) is 5.03. The van der Waals surface area contributed by atoms with Gasteiger partial charge in [0.25, 0.3) is 0 Å². The molecule has 25 heavy (non-hydrogen) atoms. The Morgan fingerprint density at radius 2 is 2.12 bits per heavy atom. The van der Waals surface area contributed by atoms with Crippen molar-refractivity contribution in [3.8, 4) is 5.75 Å². The van der Waals surface area contributed by atoms with Crippen molar-refractivity contribution < 1.29 is 17.9 Å². The van der Waals surface area contributed by atoms with E-state index in [0.29, 0.717) is 16.8 Å². The van der Waals surface area contributed by atoms with E-state index in [0.717, 1.165) is 37.3 Å². The van der Waals surface area contributed by atoms with Gasteiger partial charge in [-0.1, -0.05) is 0 Å². The third-order valence-corrected chi connectivity index (χ3v) is 4.57. The summed E-state index contributed by atoms with van der Waals surface area (Å²) in [7, 11) is 0. The second kappa shape index (κ2) is 7.07. The van der Waals surface area contributed by atoms with Gasteiger partial charge in [0.1, 0.15) is 5.75 Å². The number of hydrogen-bond donors (Lipinski definition) is 2. The third kappa shape index (κ3) is 4.54. The van der Waals surface area contributed by atoms with Crippen molar-refractivity contribution in [1.29, 1.82) is 0 Å². The molecule has 1 aromatic heterocycles. The molecular weight excluding hydrogens is 331 g/mol. The summed E-state index contributed by atoms with van der Waals surface area (Å²) in [5, 5.41) is 7.48. The van der Waals surface area contributed by atoms with E-state index >= 15 is 0 Å². The molecule has 1 aliphatic heterocycles. The molecule has 0 bridgehead atoms. The Morgan fingerprint density at radius 3 is 2.80 bits per heavy atom. The van der Waals surface area contributed by atoms with Gasteiger partial charge in [-0.2, -0.15) is 0 Å². The molecule has 0 saturated carbocycles. The number of nitrogens with zero attached hydrogens (tertiary/aromatic N) is 1.